The first-order chi connectivity index (χ1) is 31.7. The fourth-order valence-electron chi connectivity index (χ4n) is 10.3. The van der Waals surface area contributed by atoms with Crippen LogP contribution in [0.2, 0.25) is 0 Å². The minimum absolute atomic E-state index is 1.08. The van der Waals surface area contributed by atoms with Gasteiger partial charge in [-0.2, -0.15) is 0 Å². The lowest BCUT2D eigenvalue weighted by molar-refractivity contribution is 0.922. The van der Waals surface area contributed by atoms with E-state index < -0.39 is 0 Å². The Morgan fingerprint density at radius 2 is 0.578 bits per heavy atom. The Hall–Kier alpha value is -7.54. The molecule has 306 valence electrons. The first-order valence-corrected chi connectivity index (χ1v) is 23.0. The molecule has 0 spiro atoms. The van der Waals surface area contributed by atoms with Crippen molar-refractivity contribution in [2.75, 3.05) is 0 Å². The van der Waals surface area contributed by atoms with E-state index in [1.165, 1.54) is 121 Å². The van der Waals surface area contributed by atoms with Crippen LogP contribution in [-0.2, 0) is 12.8 Å². The van der Waals surface area contributed by atoms with E-state index in [2.05, 4.69) is 232 Å². The van der Waals surface area contributed by atoms with Gasteiger partial charge in [-0.05, 0) is 146 Å². The van der Waals surface area contributed by atoms with Crippen molar-refractivity contribution in [2.45, 2.75) is 39.5 Å². The van der Waals surface area contributed by atoms with Crippen molar-refractivity contribution in [1.29, 1.82) is 0 Å². The second-order valence-electron chi connectivity index (χ2n) is 17.3. The third kappa shape index (κ3) is 7.06. The molecule has 0 heterocycles. The molecule has 11 aromatic carbocycles. The van der Waals surface area contributed by atoms with Crippen LogP contribution in [0.3, 0.4) is 0 Å². The van der Waals surface area contributed by atoms with Crippen molar-refractivity contribution in [3.63, 3.8) is 0 Å². The fraction of sp³-hybridized carbons (Fsp3) is 0.0938. The van der Waals surface area contributed by atoms with Gasteiger partial charge in [-0.1, -0.05) is 233 Å². The fourth-order valence-corrected chi connectivity index (χ4v) is 10.3. The lowest BCUT2D eigenvalue weighted by Crippen LogP contribution is -1.94. The van der Waals surface area contributed by atoms with Gasteiger partial charge in [-0.3, -0.25) is 0 Å². The molecule has 0 aliphatic rings. The summed E-state index contributed by atoms with van der Waals surface area (Å²) in [5.74, 6) is 0. The molecule has 11 aromatic rings. The van der Waals surface area contributed by atoms with Crippen LogP contribution >= 0.6 is 0 Å². The maximum absolute atomic E-state index is 2.46. The van der Waals surface area contributed by atoms with Crippen LogP contribution in [0.15, 0.2) is 218 Å². The first-order valence-electron chi connectivity index (χ1n) is 23.0. The van der Waals surface area contributed by atoms with Crippen LogP contribution in [0.4, 0.5) is 0 Å². The van der Waals surface area contributed by atoms with Crippen molar-refractivity contribution in [1.82, 2.24) is 0 Å². The van der Waals surface area contributed by atoms with Crippen molar-refractivity contribution in [3.05, 3.63) is 230 Å². The maximum atomic E-state index is 2.46. The van der Waals surface area contributed by atoms with Gasteiger partial charge in [0.25, 0.3) is 0 Å². The van der Waals surface area contributed by atoms with Crippen LogP contribution in [0.1, 0.15) is 37.8 Å². The number of hydrogen-bond donors (Lipinski definition) is 0. The normalized spacial score (nSPS) is 11.5. The predicted octanol–water partition coefficient (Wildman–Crippen LogP) is 18.2. The second-order valence-corrected chi connectivity index (χ2v) is 17.3. The van der Waals surface area contributed by atoms with Crippen LogP contribution < -0.4 is 0 Å². The lowest BCUT2D eigenvalue weighted by atomic mass is 9.82. The highest BCUT2D eigenvalue weighted by Gasteiger charge is 2.21. The zero-order valence-electron chi connectivity index (χ0n) is 36.6. The van der Waals surface area contributed by atoms with Gasteiger partial charge in [0.15, 0.2) is 0 Å². The van der Waals surface area contributed by atoms with Gasteiger partial charge < -0.3 is 0 Å². The molecule has 0 fully saturated rings. The maximum Gasteiger partial charge on any atom is -0.00261 e. The Morgan fingerprint density at radius 3 is 0.953 bits per heavy atom. The second kappa shape index (κ2) is 17.0. The molecule has 0 saturated heterocycles. The summed E-state index contributed by atoms with van der Waals surface area (Å²) in [5, 5.41) is 10.0. The Bertz CT molecular complexity index is 3190. The molecular weight excluding hydrogens is 769 g/mol. The van der Waals surface area contributed by atoms with Crippen LogP contribution in [-0.4, -0.2) is 0 Å². The van der Waals surface area contributed by atoms with E-state index in [0.717, 1.165) is 25.7 Å². The molecule has 0 radical (unpaired) electrons. The molecule has 0 aromatic heterocycles. The molecule has 0 aliphatic heterocycles. The number of aryl methyl sites for hydroxylation is 2. The Morgan fingerprint density at radius 1 is 0.250 bits per heavy atom. The van der Waals surface area contributed by atoms with Gasteiger partial charge in [-0.25, -0.2) is 0 Å². The predicted molar refractivity (Wildman–Crippen MR) is 277 cm³/mol. The summed E-state index contributed by atoms with van der Waals surface area (Å²) in [6.07, 6.45) is 4.43. The Kier molecular flexibility index (Phi) is 10.4. The van der Waals surface area contributed by atoms with Crippen LogP contribution in [0, 0.1) is 0 Å². The molecule has 0 heteroatoms. The topological polar surface area (TPSA) is 0 Å². The summed E-state index contributed by atoms with van der Waals surface area (Å²) in [6.45, 7) is 4.50. The number of rotatable bonds is 10. The molecule has 0 amide bonds. The van der Waals surface area contributed by atoms with E-state index >= 15 is 0 Å². The molecule has 0 atom stereocenters. The molecule has 0 N–H and O–H groups in total. The average molecular weight is 819 g/mol. The summed E-state index contributed by atoms with van der Waals surface area (Å²) in [4.78, 5) is 0. The van der Waals surface area contributed by atoms with Gasteiger partial charge in [0.05, 0.1) is 0 Å². The molecule has 0 saturated carbocycles. The van der Waals surface area contributed by atoms with E-state index in [1.54, 1.807) is 0 Å². The zero-order valence-corrected chi connectivity index (χ0v) is 36.6. The summed E-state index contributed by atoms with van der Waals surface area (Å²) in [7, 11) is 0. The highest BCUT2D eigenvalue weighted by molar-refractivity contribution is 6.22. The molecule has 0 unspecified atom stereocenters. The summed E-state index contributed by atoms with van der Waals surface area (Å²) in [5.41, 5.74) is 17.7. The minimum Gasteiger partial charge on any atom is -0.0651 e. The van der Waals surface area contributed by atoms with Gasteiger partial charge in [0.1, 0.15) is 0 Å². The Balaban J connectivity index is 1.14. The standard InChI is InChI=1S/C64H50/c1-3-15-43-29-33-47(34-30-43)61-41-49(37-39-55(61)53-27-13-19-45-17-5-7-21-51(45)53)63-57-23-9-11-25-59(57)64(60-26-12-10-24-58(60)63)50-38-40-56(54-28-14-20-46-18-6-8-22-52(46)54)62(42-50)48-35-31-44(16-4-2)32-36-48/h5-14,17-42H,3-4,15-16H2,1-2H3. The Labute approximate surface area is 377 Å². The van der Waals surface area contributed by atoms with E-state index in [-0.39, 0.29) is 0 Å². The number of hydrogen-bond acceptors (Lipinski definition) is 0. The summed E-state index contributed by atoms with van der Waals surface area (Å²) < 4.78 is 0. The van der Waals surface area contributed by atoms with E-state index in [9.17, 15) is 0 Å². The quantitative estimate of drug-likeness (QED) is 0.121. The summed E-state index contributed by atoms with van der Waals surface area (Å²) in [6, 6.07) is 82.0. The monoisotopic (exact) mass is 818 g/mol. The SMILES string of the molecule is CCCc1ccc(-c2cc(-c3c4ccccc4c(-c4ccc(-c5cccc6ccccc56)c(-c5ccc(CCC)cc5)c4)c4ccccc34)ccc2-c2cccc3ccccc23)cc1. The first kappa shape index (κ1) is 39.3. The van der Waals surface area contributed by atoms with Gasteiger partial charge in [0, 0.05) is 0 Å². The highest BCUT2D eigenvalue weighted by atomic mass is 14.2. The van der Waals surface area contributed by atoms with E-state index in [0.29, 0.717) is 0 Å². The van der Waals surface area contributed by atoms with Crippen molar-refractivity contribution < 1.29 is 0 Å². The van der Waals surface area contributed by atoms with Crippen LogP contribution in [0.25, 0.3) is 110 Å². The molecular formula is C64H50. The lowest BCUT2D eigenvalue weighted by Gasteiger charge is -2.21. The van der Waals surface area contributed by atoms with Crippen molar-refractivity contribution >= 4 is 43.1 Å². The van der Waals surface area contributed by atoms with Gasteiger partial charge >= 0.3 is 0 Å². The van der Waals surface area contributed by atoms with Crippen molar-refractivity contribution in [2.24, 2.45) is 0 Å². The van der Waals surface area contributed by atoms with Crippen LogP contribution in [0.5, 0.6) is 0 Å². The minimum atomic E-state index is 1.08. The molecule has 0 bridgehead atoms. The number of benzene rings is 11. The molecule has 0 nitrogen and oxygen atoms in total. The average Bonchev–Trinajstić information content (AvgIpc) is 3.35. The molecule has 64 heavy (non-hydrogen) atoms. The van der Waals surface area contributed by atoms with Gasteiger partial charge in [0.2, 0.25) is 0 Å². The smallest absolute Gasteiger partial charge is 0.00261 e. The van der Waals surface area contributed by atoms with E-state index in [1.807, 2.05) is 0 Å². The molecule has 0 aliphatic carbocycles. The van der Waals surface area contributed by atoms with Crippen molar-refractivity contribution in [3.8, 4) is 66.8 Å². The highest BCUT2D eigenvalue weighted by Crippen LogP contribution is 2.48. The van der Waals surface area contributed by atoms with E-state index in [4.69, 9.17) is 0 Å². The third-order valence-corrected chi connectivity index (χ3v) is 13.3. The third-order valence-electron chi connectivity index (χ3n) is 13.3. The molecule has 11 rings (SSSR count). The largest absolute Gasteiger partial charge is 0.0651 e. The zero-order chi connectivity index (χ0) is 43.0. The summed E-state index contributed by atoms with van der Waals surface area (Å²) >= 11 is 0. The number of fused-ring (bicyclic) bond motifs is 4. The van der Waals surface area contributed by atoms with Gasteiger partial charge in [-0.15, -0.1) is 0 Å².